The average molecular weight is 534 g/mol. The Labute approximate surface area is 222 Å². The van der Waals surface area contributed by atoms with Crippen LogP contribution in [0.25, 0.3) is 6.08 Å². The monoisotopic (exact) mass is 533 g/mol. The molecule has 11 heteroatoms. The molecule has 1 aliphatic rings. The van der Waals surface area contributed by atoms with Crippen LogP contribution in [0, 0.1) is 17.0 Å². The predicted octanol–water partition coefficient (Wildman–Crippen LogP) is 5.17. The van der Waals surface area contributed by atoms with Gasteiger partial charge in [-0.05, 0) is 60.7 Å². The number of hydrogen-bond acceptors (Lipinski definition) is 8. The van der Waals surface area contributed by atoms with Crippen molar-refractivity contribution < 1.29 is 28.8 Å². The Hall–Kier alpha value is -4.64. The minimum Gasteiger partial charge on any atom is -0.493 e. The van der Waals surface area contributed by atoms with Crippen LogP contribution in [0.4, 0.5) is 16.2 Å². The summed E-state index contributed by atoms with van der Waals surface area (Å²) in [5.41, 5.74) is 2.46. The maximum absolute atomic E-state index is 12.9. The lowest BCUT2D eigenvalue weighted by Crippen LogP contribution is -2.36. The van der Waals surface area contributed by atoms with E-state index in [1.807, 2.05) is 19.1 Å². The quantitative estimate of drug-likeness (QED) is 0.227. The molecule has 1 fully saturated rings. The molecular weight excluding hydrogens is 510 g/mol. The summed E-state index contributed by atoms with van der Waals surface area (Å²) in [6, 6.07) is 18.3. The molecule has 1 heterocycles. The maximum Gasteiger partial charge on any atom is 0.294 e. The van der Waals surface area contributed by atoms with Gasteiger partial charge in [0.05, 0.1) is 22.5 Å². The molecule has 0 radical (unpaired) electrons. The zero-order valence-corrected chi connectivity index (χ0v) is 21.3. The van der Waals surface area contributed by atoms with Crippen LogP contribution in [-0.4, -0.2) is 40.5 Å². The largest absolute Gasteiger partial charge is 0.493 e. The Morgan fingerprint density at radius 1 is 1.08 bits per heavy atom. The van der Waals surface area contributed by atoms with E-state index in [1.165, 1.54) is 19.3 Å². The number of aryl methyl sites for hydroxylation is 1. The fourth-order valence-electron chi connectivity index (χ4n) is 3.63. The molecular formula is C27H23N3O7S. The highest BCUT2D eigenvalue weighted by Crippen LogP contribution is 2.35. The van der Waals surface area contributed by atoms with E-state index in [4.69, 9.17) is 9.47 Å². The number of hydrogen-bond donors (Lipinski definition) is 1. The molecule has 0 bridgehead atoms. The summed E-state index contributed by atoms with van der Waals surface area (Å²) in [6.07, 6.45) is 1.51. The molecule has 3 amide bonds. The number of imide groups is 1. The summed E-state index contributed by atoms with van der Waals surface area (Å²) in [7, 11) is 1.46. The Morgan fingerprint density at radius 3 is 2.53 bits per heavy atom. The lowest BCUT2D eigenvalue weighted by molar-refractivity contribution is -0.385. The first-order valence-corrected chi connectivity index (χ1v) is 12.2. The van der Waals surface area contributed by atoms with Crippen molar-refractivity contribution in [3.8, 4) is 11.5 Å². The van der Waals surface area contributed by atoms with E-state index in [0.717, 1.165) is 22.2 Å². The van der Waals surface area contributed by atoms with Crippen molar-refractivity contribution in [1.29, 1.82) is 0 Å². The number of carbonyl (C=O) groups is 3. The second kappa shape index (κ2) is 11.6. The van der Waals surface area contributed by atoms with Crippen LogP contribution in [0.1, 0.15) is 16.7 Å². The molecule has 1 aliphatic heterocycles. The van der Waals surface area contributed by atoms with Crippen molar-refractivity contribution in [2.45, 2.75) is 13.5 Å². The molecule has 0 saturated carbocycles. The van der Waals surface area contributed by atoms with Gasteiger partial charge >= 0.3 is 0 Å². The third-order valence-electron chi connectivity index (χ3n) is 5.57. The van der Waals surface area contributed by atoms with Gasteiger partial charge in [-0.15, -0.1) is 0 Å². The minimum atomic E-state index is -0.586. The van der Waals surface area contributed by atoms with Crippen LogP contribution in [-0.2, 0) is 16.2 Å². The molecule has 10 nitrogen and oxygen atoms in total. The van der Waals surface area contributed by atoms with Gasteiger partial charge in [-0.1, -0.05) is 35.9 Å². The van der Waals surface area contributed by atoms with Crippen LogP contribution in [0.5, 0.6) is 11.5 Å². The van der Waals surface area contributed by atoms with Gasteiger partial charge in [0, 0.05) is 11.8 Å². The number of nitrogens with zero attached hydrogens (tertiary/aromatic N) is 2. The Bertz CT molecular complexity index is 1440. The van der Waals surface area contributed by atoms with Gasteiger partial charge in [0.1, 0.15) is 13.2 Å². The number of carbonyl (C=O) groups excluding carboxylic acids is 3. The number of nitro benzene ring substituents is 1. The van der Waals surface area contributed by atoms with Gasteiger partial charge in [-0.3, -0.25) is 29.4 Å². The van der Waals surface area contributed by atoms with Crippen molar-refractivity contribution >= 4 is 46.3 Å². The molecule has 3 aromatic rings. The van der Waals surface area contributed by atoms with Crippen LogP contribution in [0.2, 0.25) is 0 Å². The lowest BCUT2D eigenvalue weighted by Gasteiger charge is -2.13. The first-order valence-electron chi connectivity index (χ1n) is 11.4. The lowest BCUT2D eigenvalue weighted by atomic mass is 10.1. The summed E-state index contributed by atoms with van der Waals surface area (Å²) >= 11 is 0.730. The van der Waals surface area contributed by atoms with E-state index in [0.29, 0.717) is 28.3 Å². The molecule has 1 N–H and O–H groups in total. The third kappa shape index (κ3) is 6.19. The number of amides is 3. The van der Waals surface area contributed by atoms with E-state index in [9.17, 15) is 24.5 Å². The zero-order chi connectivity index (χ0) is 27.2. The smallest absolute Gasteiger partial charge is 0.294 e. The number of anilines is 1. The average Bonchev–Trinajstić information content (AvgIpc) is 3.16. The summed E-state index contributed by atoms with van der Waals surface area (Å²) in [6.45, 7) is 1.43. The van der Waals surface area contributed by atoms with Gasteiger partial charge in [-0.25, -0.2) is 0 Å². The number of ether oxygens (including phenoxy) is 2. The van der Waals surface area contributed by atoms with Crippen molar-refractivity contribution in [3.63, 3.8) is 0 Å². The fourth-order valence-corrected chi connectivity index (χ4v) is 4.47. The molecule has 0 unspecified atom stereocenters. The van der Waals surface area contributed by atoms with Gasteiger partial charge in [-0.2, -0.15) is 0 Å². The van der Waals surface area contributed by atoms with Gasteiger partial charge in [0.25, 0.3) is 16.8 Å². The number of rotatable bonds is 9. The van der Waals surface area contributed by atoms with E-state index in [-0.39, 0.29) is 17.2 Å². The number of thioether (sulfide) groups is 1. The van der Waals surface area contributed by atoms with E-state index < -0.39 is 28.5 Å². The standard InChI is InChI=1S/C27H23N3O7S/c1-17-7-10-20(11-8-17)28-25(31)15-29-26(32)24(38-27(29)33)14-18-9-12-22(36-2)23(13-18)37-16-19-5-3-4-6-21(19)30(34)35/h3-14H,15-16H2,1-2H3,(H,28,31)/b24-14-. The molecule has 38 heavy (non-hydrogen) atoms. The Morgan fingerprint density at radius 2 is 1.82 bits per heavy atom. The van der Waals surface area contributed by atoms with Crippen LogP contribution in [0.3, 0.4) is 0 Å². The van der Waals surface area contributed by atoms with Crippen molar-refractivity contribution in [3.05, 3.63) is 98.4 Å². The van der Waals surface area contributed by atoms with Crippen LogP contribution < -0.4 is 14.8 Å². The van der Waals surface area contributed by atoms with Crippen LogP contribution in [0.15, 0.2) is 71.6 Å². The van der Waals surface area contributed by atoms with Crippen molar-refractivity contribution in [1.82, 2.24) is 4.90 Å². The number of benzene rings is 3. The van der Waals surface area contributed by atoms with Crippen molar-refractivity contribution in [2.24, 2.45) is 0 Å². The van der Waals surface area contributed by atoms with E-state index in [2.05, 4.69) is 5.32 Å². The second-order valence-corrected chi connectivity index (χ2v) is 9.26. The number of nitro groups is 1. The molecule has 1 saturated heterocycles. The summed E-state index contributed by atoms with van der Waals surface area (Å²) in [4.78, 5) is 49.6. The normalized spacial score (nSPS) is 14.1. The number of para-hydroxylation sites is 1. The van der Waals surface area contributed by atoms with E-state index in [1.54, 1.807) is 48.5 Å². The summed E-state index contributed by atoms with van der Waals surface area (Å²) < 4.78 is 11.1. The Kier molecular flexibility index (Phi) is 8.07. The first kappa shape index (κ1) is 26.4. The molecule has 4 rings (SSSR count). The highest BCUT2D eigenvalue weighted by atomic mass is 32.2. The third-order valence-corrected chi connectivity index (χ3v) is 6.47. The maximum atomic E-state index is 12.9. The second-order valence-electron chi connectivity index (χ2n) is 8.27. The topological polar surface area (TPSA) is 128 Å². The van der Waals surface area contributed by atoms with E-state index >= 15 is 0 Å². The molecule has 194 valence electrons. The fraction of sp³-hybridized carbons (Fsp3) is 0.148. The summed E-state index contributed by atoms with van der Waals surface area (Å²) in [5, 5.41) is 13.4. The molecule has 0 spiro atoms. The Balaban J connectivity index is 1.47. The SMILES string of the molecule is COc1ccc(/C=C2\SC(=O)N(CC(=O)Nc3ccc(C)cc3)C2=O)cc1OCc1ccccc1[N+](=O)[O-]. The number of nitrogens with one attached hydrogen (secondary N) is 1. The van der Waals surface area contributed by atoms with Gasteiger partial charge in [0.2, 0.25) is 5.91 Å². The molecule has 0 atom stereocenters. The predicted molar refractivity (Wildman–Crippen MR) is 143 cm³/mol. The van der Waals surface area contributed by atoms with Crippen LogP contribution >= 0.6 is 11.8 Å². The highest BCUT2D eigenvalue weighted by molar-refractivity contribution is 8.18. The van der Waals surface area contributed by atoms with Crippen molar-refractivity contribution in [2.75, 3.05) is 19.0 Å². The molecule has 3 aromatic carbocycles. The minimum absolute atomic E-state index is 0.0669. The van der Waals surface area contributed by atoms with Gasteiger partial charge in [0.15, 0.2) is 11.5 Å². The molecule has 0 aliphatic carbocycles. The van der Waals surface area contributed by atoms with Gasteiger partial charge < -0.3 is 14.8 Å². The molecule has 0 aromatic heterocycles. The zero-order valence-electron chi connectivity index (χ0n) is 20.5. The highest BCUT2D eigenvalue weighted by Gasteiger charge is 2.36. The summed E-state index contributed by atoms with van der Waals surface area (Å²) in [5.74, 6) is -0.387. The first-order chi connectivity index (χ1) is 18.2. The number of methoxy groups -OCH3 is 1.